The van der Waals surface area contributed by atoms with Crippen molar-refractivity contribution in [3.63, 3.8) is 0 Å². The van der Waals surface area contributed by atoms with Gasteiger partial charge in [0.15, 0.2) is 0 Å². The fourth-order valence-electron chi connectivity index (χ4n) is 2.12. The fraction of sp³-hybridized carbons (Fsp3) is 0.333. The highest BCUT2D eigenvalue weighted by molar-refractivity contribution is 8.00. The second-order valence-corrected chi connectivity index (χ2v) is 7.52. The van der Waals surface area contributed by atoms with E-state index in [9.17, 15) is 9.59 Å². The molecule has 1 aromatic carbocycles. The Kier molecular flexibility index (Phi) is 6.45. The first-order chi connectivity index (χ1) is 11.4. The number of hydrogen-bond donors (Lipinski definition) is 1. The number of esters is 1. The average molecular weight is 364 g/mol. The van der Waals surface area contributed by atoms with Crippen molar-refractivity contribution < 1.29 is 14.3 Å². The minimum absolute atomic E-state index is 0.0856. The first-order valence-corrected chi connectivity index (χ1v) is 9.48. The van der Waals surface area contributed by atoms with Gasteiger partial charge < -0.3 is 10.1 Å². The van der Waals surface area contributed by atoms with Gasteiger partial charge in [0.1, 0.15) is 4.88 Å². The summed E-state index contributed by atoms with van der Waals surface area (Å²) in [5, 5.41) is 3.52. The zero-order chi connectivity index (χ0) is 17.7. The van der Waals surface area contributed by atoms with Gasteiger partial charge in [0.2, 0.25) is 5.91 Å². The largest absolute Gasteiger partial charge is 0.462 e. The molecule has 0 atom stereocenters. The number of carbonyl (C=O) groups excluding carboxylic acids is 2. The summed E-state index contributed by atoms with van der Waals surface area (Å²) in [5.41, 5.74) is 3.15. The third-order valence-electron chi connectivity index (χ3n) is 3.34. The zero-order valence-corrected chi connectivity index (χ0v) is 15.9. The summed E-state index contributed by atoms with van der Waals surface area (Å²) in [7, 11) is 0. The van der Waals surface area contributed by atoms with Crippen LogP contribution in [0.25, 0.3) is 0 Å². The van der Waals surface area contributed by atoms with Crippen molar-refractivity contribution in [2.24, 2.45) is 0 Å². The van der Waals surface area contributed by atoms with E-state index in [1.165, 1.54) is 28.7 Å². The molecule has 0 fully saturated rings. The third-order valence-corrected chi connectivity index (χ3v) is 5.63. The van der Waals surface area contributed by atoms with Gasteiger partial charge in [-0.25, -0.2) is 4.79 Å². The lowest BCUT2D eigenvalue weighted by atomic mass is 10.2. The smallest absolute Gasteiger partial charge is 0.348 e. The molecular formula is C18H21NO3S2. The average Bonchev–Trinajstić information content (AvgIpc) is 2.89. The van der Waals surface area contributed by atoms with Gasteiger partial charge in [0.25, 0.3) is 0 Å². The summed E-state index contributed by atoms with van der Waals surface area (Å²) < 4.78 is 5.01. The quantitative estimate of drug-likeness (QED) is 0.603. The Morgan fingerprint density at radius 1 is 1.17 bits per heavy atom. The van der Waals surface area contributed by atoms with E-state index in [0.29, 0.717) is 22.2 Å². The van der Waals surface area contributed by atoms with E-state index in [1.54, 1.807) is 13.0 Å². The van der Waals surface area contributed by atoms with Crippen molar-refractivity contribution >= 4 is 40.0 Å². The highest BCUT2D eigenvalue weighted by Crippen LogP contribution is 2.28. The summed E-state index contributed by atoms with van der Waals surface area (Å²) >= 11 is 2.76. The molecule has 0 spiro atoms. The number of amides is 1. The molecule has 1 amide bonds. The molecular weight excluding hydrogens is 342 g/mol. The molecule has 0 aliphatic carbocycles. The lowest BCUT2D eigenvalue weighted by Crippen LogP contribution is -2.13. The molecule has 1 aromatic heterocycles. The number of ether oxygens (including phenoxy) is 1. The van der Waals surface area contributed by atoms with Gasteiger partial charge in [-0.3, -0.25) is 4.79 Å². The van der Waals surface area contributed by atoms with Crippen LogP contribution in [0.5, 0.6) is 0 Å². The number of thioether (sulfide) groups is 1. The monoisotopic (exact) mass is 363 g/mol. The second kappa shape index (κ2) is 8.35. The van der Waals surface area contributed by atoms with E-state index in [0.717, 1.165) is 16.0 Å². The molecule has 0 saturated heterocycles. The molecule has 128 valence electrons. The molecule has 0 bridgehead atoms. The molecule has 0 aliphatic heterocycles. The molecule has 1 heterocycles. The van der Waals surface area contributed by atoms with Crippen LogP contribution < -0.4 is 5.32 Å². The third kappa shape index (κ3) is 4.85. The van der Waals surface area contributed by atoms with Crippen LogP contribution in [0.3, 0.4) is 0 Å². The number of anilines is 1. The van der Waals surface area contributed by atoms with Crippen molar-refractivity contribution in [2.75, 3.05) is 17.7 Å². The van der Waals surface area contributed by atoms with Crippen molar-refractivity contribution in [1.82, 2.24) is 0 Å². The predicted octanol–water partition coefficient (Wildman–Crippen LogP) is 4.58. The molecule has 0 unspecified atom stereocenters. The van der Waals surface area contributed by atoms with E-state index >= 15 is 0 Å². The number of aryl methyl sites for hydroxylation is 3. The molecule has 6 heteroatoms. The molecule has 4 nitrogen and oxygen atoms in total. The summed E-state index contributed by atoms with van der Waals surface area (Å²) in [4.78, 5) is 25.6. The predicted molar refractivity (Wildman–Crippen MR) is 100 cm³/mol. The molecule has 0 aliphatic rings. The summed E-state index contributed by atoms with van der Waals surface area (Å²) in [6.45, 7) is 8.02. The first kappa shape index (κ1) is 18.5. The van der Waals surface area contributed by atoms with Crippen LogP contribution >= 0.6 is 23.1 Å². The Morgan fingerprint density at radius 3 is 2.62 bits per heavy atom. The molecule has 2 aromatic rings. The van der Waals surface area contributed by atoms with Gasteiger partial charge in [-0.2, -0.15) is 0 Å². The summed E-state index contributed by atoms with van der Waals surface area (Å²) in [6.07, 6.45) is 0. The first-order valence-electron chi connectivity index (χ1n) is 7.68. The van der Waals surface area contributed by atoms with Crippen LogP contribution in [0, 0.1) is 20.8 Å². The number of thiophene rings is 1. The normalized spacial score (nSPS) is 10.5. The highest BCUT2D eigenvalue weighted by atomic mass is 32.2. The van der Waals surface area contributed by atoms with Gasteiger partial charge in [-0.15, -0.1) is 23.1 Å². The van der Waals surface area contributed by atoms with E-state index in [2.05, 4.69) is 23.5 Å². The standard InChI is InChI=1S/C18H21NO3S2/c1-5-22-18(21)17-13(4)9-16(24-17)19-15(20)10-23-14-8-11(2)6-7-12(14)3/h6-9H,5,10H2,1-4H3,(H,19,20). The van der Waals surface area contributed by atoms with Gasteiger partial charge in [0, 0.05) is 4.90 Å². The zero-order valence-electron chi connectivity index (χ0n) is 14.3. The lowest BCUT2D eigenvalue weighted by Gasteiger charge is -2.07. The van der Waals surface area contributed by atoms with Gasteiger partial charge in [0.05, 0.1) is 17.4 Å². The van der Waals surface area contributed by atoms with Crippen LogP contribution in [-0.4, -0.2) is 24.2 Å². The van der Waals surface area contributed by atoms with Gasteiger partial charge in [-0.05, 0) is 51.0 Å². The van der Waals surface area contributed by atoms with Crippen molar-refractivity contribution in [3.05, 3.63) is 45.8 Å². The van der Waals surface area contributed by atoms with Crippen LogP contribution in [0.15, 0.2) is 29.2 Å². The van der Waals surface area contributed by atoms with E-state index in [1.807, 2.05) is 20.8 Å². The highest BCUT2D eigenvalue weighted by Gasteiger charge is 2.16. The van der Waals surface area contributed by atoms with Crippen molar-refractivity contribution in [3.8, 4) is 0 Å². The van der Waals surface area contributed by atoms with Gasteiger partial charge in [-0.1, -0.05) is 17.7 Å². The maximum absolute atomic E-state index is 12.2. The van der Waals surface area contributed by atoms with Crippen LogP contribution in [0.4, 0.5) is 5.00 Å². The number of hydrogen-bond acceptors (Lipinski definition) is 5. The second-order valence-electron chi connectivity index (χ2n) is 5.45. The maximum atomic E-state index is 12.2. The molecule has 2 rings (SSSR count). The Bertz CT molecular complexity index is 753. The summed E-state index contributed by atoms with van der Waals surface area (Å²) in [6, 6.07) is 8.01. The molecule has 0 saturated carbocycles. The van der Waals surface area contributed by atoms with E-state index in [-0.39, 0.29) is 11.9 Å². The van der Waals surface area contributed by atoms with Crippen molar-refractivity contribution in [2.45, 2.75) is 32.6 Å². The minimum Gasteiger partial charge on any atom is -0.462 e. The molecule has 1 N–H and O–H groups in total. The SMILES string of the molecule is CCOC(=O)c1sc(NC(=O)CSc2cc(C)ccc2C)cc1C. The number of carbonyl (C=O) groups is 2. The lowest BCUT2D eigenvalue weighted by molar-refractivity contribution is -0.113. The molecule has 24 heavy (non-hydrogen) atoms. The van der Waals surface area contributed by atoms with E-state index in [4.69, 9.17) is 4.74 Å². The Labute approximate surface area is 150 Å². The topological polar surface area (TPSA) is 55.4 Å². The van der Waals surface area contributed by atoms with Crippen molar-refractivity contribution in [1.29, 1.82) is 0 Å². The Balaban J connectivity index is 1.96. The van der Waals surface area contributed by atoms with Crippen LogP contribution in [0.1, 0.15) is 33.3 Å². The Hall–Kier alpha value is -1.79. The minimum atomic E-state index is -0.342. The van der Waals surface area contributed by atoms with Crippen LogP contribution in [0.2, 0.25) is 0 Å². The Morgan fingerprint density at radius 2 is 1.92 bits per heavy atom. The number of nitrogens with one attached hydrogen (secondary N) is 1. The van der Waals surface area contributed by atoms with E-state index < -0.39 is 0 Å². The summed E-state index contributed by atoms with van der Waals surface area (Å²) in [5.74, 6) is -0.0986. The molecule has 0 radical (unpaired) electrons. The number of benzene rings is 1. The van der Waals surface area contributed by atoms with Gasteiger partial charge >= 0.3 is 5.97 Å². The number of rotatable bonds is 6. The fourth-order valence-corrected chi connectivity index (χ4v) is 4.03. The van der Waals surface area contributed by atoms with Crippen LogP contribution in [-0.2, 0) is 9.53 Å². The maximum Gasteiger partial charge on any atom is 0.348 e.